The van der Waals surface area contributed by atoms with E-state index in [2.05, 4.69) is 31.4 Å². The first-order valence-electron chi connectivity index (χ1n) is 7.94. The molecule has 1 aromatic heterocycles. The van der Waals surface area contributed by atoms with Gasteiger partial charge in [0.05, 0.1) is 17.3 Å². The maximum absolute atomic E-state index is 12.3. The molecular weight excluding hydrogens is 410 g/mol. The number of hydrogen-bond acceptors (Lipinski definition) is 5. The average Bonchev–Trinajstić information content (AvgIpc) is 2.69. The van der Waals surface area contributed by atoms with Gasteiger partial charge in [-0.1, -0.05) is 24.3 Å². The second kappa shape index (κ2) is 8.86. The maximum Gasteiger partial charge on any atom is 0.344 e. The maximum atomic E-state index is 12.3. The van der Waals surface area contributed by atoms with Crippen molar-refractivity contribution < 1.29 is 14.3 Å². The van der Waals surface area contributed by atoms with Crippen molar-refractivity contribution >= 4 is 34.0 Å². The largest absolute Gasteiger partial charge is 0.423 e. The second-order valence-electron chi connectivity index (χ2n) is 5.38. The van der Waals surface area contributed by atoms with Gasteiger partial charge in [-0.2, -0.15) is 5.10 Å². The van der Waals surface area contributed by atoms with Gasteiger partial charge in [0.15, 0.2) is 0 Å². The molecule has 0 bridgehead atoms. The van der Waals surface area contributed by atoms with Crippen molar-refractivity contribution in [2.45, 2.75) is 0 Å². The van der Waals surface area contributed by atoms with Crippen LogP contribution in [-0.4, -0.2) is 23.1 Å². The van der Waals surface area contributed by atoms with Crippen LogP contribution in [0.4, 0.5) is 0 Å². The third kappa shape index (κ3) is 5.08. The van der Waals surface area contributed by atoms with Gasteiger partial charge < -0.3 is 4.74 Å². The van der Waals surface area contributed by atoms with Crippen LogP contribution >= 0.6 is 15.9 Å². The molecule has 0 aliphatic heterocycles. The summed E-state index contributed by atoms with van der Waals surface area (Å²) in [6.07, 6.45) is 4.50. The molecule has 0 saturated heterocycles. The minimum atomic E-state index is -0.471. The van der Waals surface area contributed by atoms with Gasteiger partial charge in [-0.3, -0.25) is 9.78 Å². The van der Waals surface area contributed by atoms with Gasteiger partial charge in [0, 0.05) is 16.9 Å². The van der Waals surface area contributed by atoms with Crippen LogP contribution in [0.1, 0.15) is 26.3 Å². The first-order chi connectivity index (χ1) is 13.1. The molecule has 0 aliphatic carbocycles. The number of benzene rings is 2. The zero-order chi connectivity index (χ0) is 19.1. The van der Waals surface area contributed by atoms with Gasteiger partial charge in [0.2, 0.25) is 0 Å². The summed E-state index contributed by atoms with van der Waals surface area (Å²) >= 11 is 3.33. The Bertz CT molecular complexity index is 991. The van der Waals surface area contributed by atoms with E-state index in [1.165, 1.54) is 12.4 Å². The number of amides is 1. The number of ether oxygens (including phenoxy) is 1. The standard InChI is InChI=1S/C20H14BrN3O3/c21-18-9-2-1-8-17(18)20(26)27-16-7-3-5-14(11-16)12-23-24-19(25)15-6-4-10-22-13-15/h1-13H,(H,24,25). The highest BCUT2D eigenvalue weighted by molar-refractivity contribution is 9.10. The molecule has 7 heteroatoms. The highest BCUT2D eigenvalue weighted by Gasteiger charge is 2.11. The molecule has 0 aliphatic rings. The van der Waals surface area contributed by atoms with Gasteiger partial charge in [0.1, 0.15) is 5.75 Å². The summed E-state index contributed by atoms with van der Waals surface area (Å²) in [5.74, 6) is -0.462. The molecule has 0 fully saturated rings. The lowest BCUT2D eigenvalue weighted by Crippen LogP contribution is -2.17. The number of nitrogens with one attached hydrogen (secondary N) is 1. The van der Waals surface area contributed by atoms with Crippen molar-refractivity contribution in [1.82, 2.24) is 10.4 Å². The summed E-state index contributed by atoms with van der Waals surface area (Å²) in [5, 5.41) is 3.91. The van der Waals surface area contributed by atoms with E-state index < -0.39 is 5.97 Å². The quantitative estimate of drug-likeness (QED) is 0.292. The Labute approximate surface area is 164 Å². The van der Waals surface area contributed by atoms with Crippen molar-refractivity contribution in [1.29, 1.82) is 0 Å². The number of carbonyl (C=O) groups excluding carboxylic acids is 2. The fourth-order valence-corrected chi connectivity index (χ4v) is 2.62. The van der Waals surface area contributed by atoms with E-state index in [9.17, 15) is 9.59 Å². The fraction of sp³-hybridized carbons (Fsp3) is 0. The number of pyridine rings is 1. The van der Waals surface area contributed by atoms with E-state index in [4.69, 9.17) is 4.74 Å². The van der Waals surface area contributed by atoms with E-state index in [0.717, 1.165) is 0 Å². The Balaban J connectivity index is 1.64. The zero-order valence-electron chi connectivity index (χ0n) is 14.0. The zero-order valence-corrected chi connectivity index (χ0v) is 15.6. The number of rotatable bonds is 5. The van der Waals surface area contributed by atoms with E-state index in [1.54, 1.807) is 60.8 Å². The number of nitrogens with zero attached hydrogens (tertiary/aromatic N) is 2. The molecule has 6 nitrogen and oxygen atoms in total. The number of hydrogen-bond donors (Lipinski definition) is 1. The molecule has 0 atom stereocenters. The van der Waals surface area contributed by atoms with E-state index in [1.807, 2.05) is 6.07 Å². The molecule has 0 spiro atoms. The Hall–Kier alpha value is -3.32. The lowest BCUT2D eigenvalue weighted by molar-refractivity contribution is 0.0733. The molecule has 27 heavy (non-hydrogen) atoms. The smallest absolute Gasteiger partial charge is 0.344 e. The van der Waals surface area contributed by atoms with Gasteiger partial charge in [0.25, 0.3) is 5.91 Å². The Morgan fingerprint density at radius 1 is 1.07 bits per heavy atom. The molecule has 3 rings (SSSR count). The van der Waals surface area contributed by atoms with Crippen LogP contribution in [-0.2, 0) is 0 Å². The molecular formula is C20H14BrN3O3. The molecule has 1 heterocycles. The number of hydrazone groups is 1. The molecule has 3 aromatic rings. The Morgan fingerprint density at radius 3 is 2.70 bits per heavy atom. The SMILES string of the molecule is O=C(NN=Cc1cccc(OC(=O)c2ccccc2Br)c1)c1cccnc1. The van der Waals surface area contributed by atoms with Crippen LogP contribution in [0.2, 0.25) is 0 Å². The van der Waals surface area contributed by atoms with E-state index >= 15 is 0 Å². The van der Waals surface area contributed by atoms with Crippen LogP contribution in [0.5, 0.6) is 5.75 Å². The van der Waals surface area contributed by atoms with Gasteiger partial charge >= 0.3 is 5.97 Å². The van der Waals surface area contributed by atoms with Crippen molar-refractivity contribution in [3.05, 3.63) is 94.2 Å². The normalized spacial score (nSPS) is 10.6. The lowest BCUT2D eigenvalue weighted by Gasteiger charge is -2.06. The third-order valence-corrected chi connectivity index (χ3v) is 4.16. The van der Waals surface area contributed by atoms with Crippen LogP contribution < -0.4 is 10.2 Å². The monoisotopic (exact) mass is 423 g/mol. The number of carbonyl (C=O) groups is 2. The molecule has 0 radical (unpaired) electrons. The van der Waals surface area contributed by atoms with E-state index in [0.29, 0.717) is 26.9 Å². The molecule has 0 saturated carbocycles. The predicted molar refractivity (Wildman–Crippen MR) is 105 cm³/mol. The highest BCUT2D eigenvalue weighted by Crippen LogP contribution is 2.19. The summed E-state index contributed by atoms with van der Waals surface area (Å²) in [7, 11) is 0. The minimum Gasteiger partial charge on any atom is -0.423 e. The summed E-state index contributed by atoms with van der Waals surface area (Å²) in [4.78, 5) is 28.0. The van der Waals surface area contributed by atoms with E-state index in [-0.39, 0.29) is 5.91 Å². The van der Waals surface area contributed by atoms with Gasteiger partial charge in [-0.05, 0) is 57.9 Å². The topological polar surface area (TPSA) is 80.6 Å². The minimum absolute atomic E-state index is 0.365. The number of esters is 1. The molecule has 0 unspecified atom stereocenters. The third-order valence-electron chi connectivity index (χ3n) is 3.47. The van der Waals surface area contributed by atoms with Gasteiger partial charge in [-0.15, -0.1) is 0 Å². The first kappa shape index (κ1) is 18.5. The average molecular weight is 424 g/mol. The van der Waals surface area contributed by atoms with Crippen molar-refractivity contribution in [3.8, 4) is 5.75 Å². The van der Waals surface area contributed by atoms with Crippen molar-refractivity contribution in [2.75, 3.05) is 0 Å². The second-order valence-corrected chi connectivity index (χ2v) is 6.24. The molecule has 2 aromatic carbocycles. The number of halogens is 1. The van der Waals surface area contributed by atoms with Crippen LogP contribution in [0, 0.1) is 0 Å². The Kier molecular flexibility index (Phi) is 6.06. The summed E-state index contributed by atoms with van der Waals surface area (Å²) in [6.45, 7) is 0. The van der Waals surface area contributed by atoms with Gasteiger partial charge in [-0.25, -0.2) is 10.2 Å². The molecule has 1 N–H and O–H groups in total. The fourth-order valence-electron chi connectivity index (χ4n) is 2.17. The van der Waals surface area contributed by atoms with Crippen LogP contribution in [0.3, 0.4) is 0 Å². The van der Waals surface area contributed by atoms with Crippen LogP contribution in [0.15, 0.2) is 82.6 Å². The van der Waals surface area contributed by atoms with Crippen molar-refractivity contribution in [2.24, 2.45) is 5.10 Å². The summed E-state index contributed by atoms with van der Waals surface area (Å²) in [6, 6.07) is 17.1. The summed E-state index contributed by atoms with van der Waals surface area (Å²) in [5.41, 5.74) is 3.92. The molecule has 134 valence electrons. The predicted octanol–water partition coefficient (Wildman–Crippen LogP) is 3.83. The molecule has 1 amide bonds. The van der Waals surface area contributed by atoms with Crippen molar-refractivity contribution in [3.63, 3.8) is 0 Å². The number of aromatic nitrogens is 1. The lowest BCUT2D eigenvalue weighted by atomic mass is 10.2. The first-order valence-corrected chi connectivity index (χ1v) is 8.73. The highest BCUT2D eigenvalue weighted by atomic mass is 79.9. The Morgan fingerprint density at radius 2 is 1.93 bits per heavy atom. The van der Waals surface area contributed by atoms with Crippen LogP contribution in [0.25, 0.3) is 0 Å². The summed E-state index contributed by atoms with van der Waals surface area (Å²) < 4.78 is 6.05.